The van der Waals surface area contributed by atoms with Gasteiger partial charge in [0.25, 0.3) is 0 Å². The van der Waals surface area contributed by atoms with E-state index in [9.17, 15) is 10.2 Å². The number of β-amino-alcohol motifs (C(OH)–C–C–N with tert-alkyl or cyclic N) is 2. The van der Waals surface area contributed by atoms with Gasteiger partial charge in [-0.2, -0.15) is 15.1 Å². The van der Waals surface area contributed by atoms with Gasteiger partial charge < -0.3 is 20.8 Å². The number of piperidine rings is 1. The molecule has 2 atom stereocenters. The van der Waals surface area contributed by atoms with Crippen molar-refractivity contribution in [1.29, 1.82) is 0 Å². The van der Waals surface area contributed by atoms with Crippen LogP contribution in [0.15, 0.2) is 6.20 Å². The monoisotopic (exact) mass is 264 g/mol. The third kappa shape index (κ3) is 2.20. The van der Waals surface area contributed by atoms with Gasteiger partial charge in [-0.25, -0.2) is 0 Å². The van der Waals surface area contributed by atoms with Crippen LogP contribution in [0.5, 0.6) is 0 Å². The van der Waals surface area contributed by atoms with Crippen molar-refractivity contribution in [2.24, 2.45) is 0 Å². The van der Waals surface area contributed by atoms with Crippen molar-refractivity contribution in [2.75, 3.05) is 23.7 Å². The lowest BCUT2D eigenvalue weighted by atomic mass is 9.93. The highest BCUT2D eigenvalue weighted by molar-refractivity contribution is 5.87. The number of hydrogen-bond donors (Lipinski definition) is 4. The number of hydrogen-bond acceptors (Lipinski definition) is 7. The van der Waals surface area contributed by atoms with Gasteiger partial charge in [0, 0.05) is 19.5 Å². The third-order valence-corrected chi connectivity index (χ3v) is 3.24. The summed E-state index contributed by atoms with van der Waals surface area (Å²) in [4.78, 5) is 10.1. The van der Waals surface area contributed by atoms with E-state index in [1.54, 1.807) is 13.1 Å². The Balaban J connectivity index is 2.06. The molecule has 8 nitrogen and oxygen atoms in total. The molecule has 8 heteroatoms. The minimum Gasteiger partial charge on any atom is -0.391 e. The fourth-order valence-electron chi connectivity index (χ4n) is 2.61. The van der Waals surface area contributed by atoms with Crippen LogP contribution in [0.2, 0.25) is 0 Å². The molecule has 2 unspecified atom stereocenters. The first kappa shape index (κ1) is 12.1. The van der Waals surface area contributed by atoms with Gasteiger partial charge in [0.05, 0.1) is 23.3 Å². The second-order valence-electron chi connectivity index (χ2n) is 5.27. The number of aliphatic hydroxyl groups is 2. The van der Waals surface area contributed by atoms with Gasteiger partial charge in [0.2, 0.25) is 5.95 Å². The molecule has 19 heavy (non-hydrogen) atoms. The Hall–Kier alpha value is -1.93. The van der Waals surface area contributed by atoms with Gasteiger partial charge in [-0.3, -0.25) is 5.10 Å². The first-order valence-corrected chi connectivity index (χ1v) is 6.07. The smallest absolute Gasteiger partial charge is 0.224 e. The fraction of sp³-hybridized carbons (Fsp3) is 0.545. The molecule has 102 valence electrons. The maximum absolute atomic E-state index is 10.2. The molecule has 5 N–H and O–H groups in total. The maximum Gasteiger partial charge on any atom is 0.224 e. The highest BCUT2D eigenvalue weighted by Crippen LogP contribution is 2.29. The normalized spacial score (nSPS) is 27.9. The highest BCUT2D eigenvalue weighted by Gasteiger charge is 2.35. The molecule has 0 aliphatic carbocycles. The van der Waals surface area contributed by atoms with E-state index >= 15 is 0 Å². The number of H-pyrrole nitrogens is 1. The van der Waals surface area contributed by atoms with Crippen LogP contribution in [0.4, 0.5) is 11.8 Å². The Morgan fingerprint density at radius 1 is 1.53 bits per heavy atom. The number of anilines is 2. The Kier molecular flexibility index (Phi) is 2.58. The van der Waals surface area contributed by atoms with Crippen molar-refractivity contribution in [3.63, 3.8) is 0 Å². The van der Waals surface area contributed by atoms with E-state index < -0.39 is 11.7 Å². The number of nitrogens with two attached hydrogens (primary N) is 1. The minimum absolute atomic E-state index is 0.131. The summed E-state index contributed by atoms with van der Waals surface area (Å²) in [5.41, 5.74) is 5.25. The molecule has 1 aliphatic rings. The second kappa shape index (κ2) is 4.04. The molecule has 0 bridgehead atoms. The van der Waals surface area contributed by atoms with Crippen LogP contribution < -0.4 is 10.6 Å². The van der Waals surface area contributed by atoms with E-state index in [0.29, 0.717) is 31.0 Å². The third-order valence-electron chi connectivity index (χ3n) is 3.24. The molecule has 3 rings (SSSR count). The Bertz CT molecular complexity index is 610. The Morgan fingerprint density at radius 3 is 3.05 bits per heavy atom. The lowest BCUT2D eigenvalue weighted by molar-refractivity contribution is -0.00801. The first-order valence-electron chi connectivity index (χ1n) is 6.07. The van der Waals surface area contributed by atoms with Gasteiger partial charge in [-0.1, -0.05) is 0 Å². The lowest BCUT2D eigenvalue weighted by Crippen LogP contribution is -2.52. The molecule has 1 saturated heterocycles. The number of rotatable bonds is 1. The molecular weight excluding hydrogens is 248 g/mol. The summed E-state index contributed by atoms with van der Waals surface area (Å²) >= 11 is 0. The molecule has 0 spiro atoms. The summed E-state index contributed by atoms with van der Waals surface area (Å²) in [6.45, 7) is 2.47. The minimum atomic E-state index is -0.965. The van der Waals surface area contributed by atoms with Gasteiger partial charge in [-0.15, -0.1) is 0 Å². The number of nitrogen functional groups attached to an aromatic ring is 1. The van der Waals surface area contributed by atoms with Gasteiger partial charge in [-0.05, 0) is 6.92 Å². The van der Waals surface area contributed by atoms with Crippen molar-refractivity contribution >= 4 is 22.8 Å². The average molecular weight is 264 g/mol. The van der Waals surface area contributed by atoms with Crippen LogP contribution >= 0.6 is 0 Å². The molecule has 2 aromatic heterocycles. The van der Waals surface area contributed by atoms with E-state index in [1.165, 1.54) is 0 Å². The Labute approximate surface area is 109 Å². The molecular formula is C11H16N6O2. The fourth-order valence-corrected chi connectivity index (χ4v) is 2.61. The number of aliphatic hydroxyl groups excluding tert-OH is 1. The van der Waals surface area contributed by atoms with Crippen molar-refractivity contribution in [1.82, 2.24) is 20.2 Å². The van der Waals surface area contributed by atoms with Crippen LogP contribution in [0.1, 0.15) is 13.3 Å². The number of nitrogens with one attached hydrogen (secondary N) is 1. The predicted octanol–water partition coefficient (Wildman–Crippen LogP) is -0.743. The zero-order valence-corrected chi connectivity index (χ0v) is 10.5. The van der Waals surface area contributed by atoms with Crippen molar-refractivity contribution in [3.05, 3.63) is 6.20 Å². The van der Waals surface area contributed by atoms with E-state index in [1.807, 2.05) is 4.90 Å². The van der Waals surface area contributed by atoms with Crippen molar-refractivity contribution < 1.29 is 10.2 Å². The molecule has 0 saturated carbocycles. The standard InChI is InChI=1S/C11H16N6O2/c1-11(19)2-6(18)4-17(5-11)9-7-3-13-16-8(7)14-10(12)15-9/h3,6,18-19H,2,4-5H2,1H3,(H3,12,13,14,15,16). The molecule has 2 aromatic rings. The topological polar surface area (TPSA) is 124 Å². The van der Waals surface area contributed by atoms with E-state index in [-0.39, 0.29) is 5.95 Å². The number of nitrogens with zero attached hydrogens (tertiary/aromatic N) is 4. The predicted molar refractivity (Wildman–Crippen MR) is 69.6 cm³/mol. The van der Waals surface area contributed by atoms with Crippen molar-refractivity contribution in [2.45, 2.75) is 25.0 Å². The summed E-state index contributed by atoms with van der Waals surface area (Å²) in [7, 11) is 0. The highest BCUT2D eigenvalue weighted by atomic mass is 16.3. The van der Waals surface area contributed by atoms with Gasteiger partial charge >= 0.3 is 0 Å². The van der Waals surface area contributed by atoms with E-state index in [4.69, 9.17) is 5.73 Å². The average Bonchev–Trinajstić information content (AvgIpc) is 2.72. The number of aromatic nitrogens is 4. The lowest BCUT2D eigenvalue weighted by Gasteiger charge is -2.40. The number of fused-ring (bicyclic) bond motifs is 1. The molecule has 0 radical (unpaired) electrons. The van der Waals surface area contributed by atoms with Crippen LogP contribution in [0, 0.1) is 0 Å². The van der Waals surface area contributed by atoms with Gasteiger partial charge in [0.15, 0.2) is 5.65 Å². The SMILES string of the molecule is CC1(O)CC(O)CN(c2nc(N)nc3[nH]ncc23)C1. The first-order chi connectivity index (χ1) is 8.94. The molecule has 3 heterocycles. The molecule has 1 fully saturated rings. The largest absolute Gasteiger partial charge is 0.391 e. The zero-order valence-electron chi connectivity index (χ0n) is 10.5. The summed E-state index contributed by atoms with van der Waals surface area (Å²) in [5, 5.41) is 27.4. The summed E-state index contributed by atoms with van der Waals surface area (Å²) in [6.07, 6.45) is 1.35. The van der Waals surface area contributed by atoms with E-state index in [2.05, 4.69) is 20.2 Å². The molecule has 1 aliphatic heterocycles. The summed E-state index contributed by atoms with van der Waals surface area (Å²) < 4.78 is 0. The molecule has 0 amide bonds. The Morgan fingerprint density at radius 2 is 2.32 bits per heavy atom. The van der Waals surface area contributed by atoms with Crippen LogP contribution in [-0.2, 0) is 0 Å². The summed E-state index contributed by atoms with van der Waals surface area (Å²) in [5.74, 6) is 0.710. The van der Waals surface area contributed by atoms with Gasteiger partial charge in [0.1, 0.15) is 5.82 Å². The number of aromatic amines is 1. The quantitative estimate of drug-likeness (QED) is 0.534. The van der Waals surface area contributed by atoms with Crippen LogP contribution in [0.3, 0.4) is 0 Å². The second-order valence-corrected chi connectivity index (χ2v) is 5.27. The van der Waals surface area contributed by atoms with Crippen LogP contribution in [-0.4, -0.2) is 55.2 Å². The van der Waals surface area contributed by atoms with Crippen molar-refractivity contribution in [3.8, 4) is 0 Å². The maximum atomic E-state index is 10.2. The zero-order chi connectivity index (χ0) is 13.6. The molecule has 0 aromatic carbocycles. The van der Waals surface area contributed by atoms with Crippen LogP contribution in [0.25, 0.3) is 11.0 Å². The van der Waals surface area contributed by atoms with E-state index in [0.717, 1.165) is 5.39 Å². The summed E-state index contributed by atoms with van der Waals surface area (Å²) in [6, 6.07) is 0.